The number of nitrogens with zero attached hydrogens (tertiary/aromatic N) is 1. The number of piperazine rings is 1. The van der Waals surface area contributed by atoms with E-state index in [-0.39, 0.29) is 29.8 Å². The molecule has 0 bridgehead atoms. The zero-order valence-corrected chi connectivity index (χ0v) is 16.6. The second-order valence-corrected chi connectivity index (χ2v) is 8.21. The molecular weight excluding hydrogens is 364 g/mol. The molecule has 0 unspecified atom stereocenters. The Hall–Kier alpha value is -2.22. The molecule has 4 amide bonds. The number of nitrogens with one attached hydrogen (secondary N) is 3. The van der Waals surface area contributed by atoms with Crippen molar-refractivity contribution in [2.45, 2.75) is 49.7 Å². The van der Waals surface area contributed by atoms with Crippen LogP contribution in [0.4, 0.5) is 10.5 Å². The molecule has 2 saturated heterocycles. The summed E-state index contributed by atoms with van der Waals surface area (Å²) in [6.45, 7) is 4.33. The van der Waals surface area contributed by atoms with E-state index in [1.165, 1.54) is 0 Å². The number of carbonyl (C=O) groups is 3. The number of hydrogen-bond donors (Lipinski definition) is 3. The lowest BCUT2D eigenvalue weighted by molar-refractivity contribution is -0.152. The molecule has 0 aromatic heterocycles. The van der Waals surface area contributed by atoms with Crippen molar-refractivity contribution in [2.24, 2.45) is 5.92 Å². The number of urea groups is 1. The summed E-state index contributed by atoms with van der Waals surface area (Å²) in [5, 5.41) is 8.60. The molecule has 2 fully saturated rings. The largest absolute Gasteiger partial charge is 0.342 e. The first kappa shape index (κ1) is 19.5. The van der Waals surface area contributed by atoms with Gasteiger partial charge in [-0.25, -0.2) is 4.79 Å². The van der Waals surface area contributed by atoms with Crippen molar-refractivity contribution in [3.63, 3.8) is 0 Å². The summed E-state index contributed by atoms with van der Waals surface area (Å²) < 4.78 is 0. The topological polar surface area (TPSA) is 90.5 Å². The Morgan fingerprint density at radius 3 is 2.81 bits per heavy atom. The van der Waals surface area contributed by atoms with Gasteiger partial charge in [-0.15, -0.1) is 11.8 Å². The highest BCUT2D eigenvalue weighted by molar-refractivity contribution is 7.98. The predicted molar refractivity (Wildman–Crippen MR) is 106 cm³/mol. The van der Waals surface area contributed by atoms with Gasteiger partial charge in [-0.3, -0.25) is 9.59 Å². The molecule has 0 aliphatic carbocycles. The maximum absolute atomic E-state index is 12.6. The number of amides is 4. The van der Waals surface area contributed by atoms with Crippen molar-refractivity contribution in [3.05, 3.63) is 24.3 Å². The SMILES string of the molecule is CSc1cccc(NC(=O)N[C@H]2CCN3C(=O)[C@H](C(C)C)NC(=O)[C@@H]3C2)c1. The van der Waals surface area contributed by atoms with E-state index in [2.05, 4.69) is 16.0 Å². The molecule has 3 rings (SSSR count). The zero-order valence-electron chi connectivity index (χ0n) is 15.8. The van der Waals surface area contributed by atoms with Crippen LogP contribution in [0.3, 0.4) is 0 Å². The minimum Gasteiger partial charge on any atom is -0.342 e. The van der Waals surface area contributed by atoms with Crippen molar-refractivity contribution < 1.29 is 14.4 Å². The highest BCUT2D eigenvalue weighted by Gasteiger charge is 2.44. The van der Waals surface area contributed by atoms with E-state index >= 15 is 0 Å². The third-order valence-electron chi connectivity index (χ3n) is 5.08. The van der Waals surface area contributed by atoms with E-state index in [4.69, 9.17) is 0 Å². The molecule has 146 valence electrons. The van der Waals surface area contributed by atoms with Gasteiger partial charge < -0.3 is 20.9 Å². The van der Waals surface area contributed by atoms with Crippen LogP contribution in [0, 0.1) is 5.92 Å². The Kier molecular flexibility index (Phi) is 5.94. The van der Waals surface area contributed by atoms with Gasteiger partial charge in [0.1, 0.15) is 12.1 Å². The molecular formula is C19H26N4O3S. The van der Waals surface area contributed by atoms with Gasteiger partial charge in [0.2, 0.25) is 11.8 Å². The summed E-state index contributed by atoms with van der Waals surface area (Å²) >= 11 is 1.61. The molecule has 0 spiro atoms. The van der Waals surface area contributed by atoms with E-state index in [0.717, 1.165) is 10.6 Å². The number of hydrogen-bond acceptors (Lipinski definition) is 4. The minimum absolute atomic E-state index is 0.0219. The molecule has 0 saturated carbocycles. The Labute approximate surface area is 163 Å². The molecule has 8 heteroatoms. The summed E-state index contributed by atoms with van der Waals surface area (Å²) in [4.78, 5) is 40.1. The Morgan fingerprint density at radius 1 is 1.33 bits per heavy atom. The second kappa shape index (κ2) is 8.21. The zero-order chi connectivity index (χ0) is 19.6. The van der Waals surface area contributed by atoms with Gasteiger partial charge in [-0.1, -0.05) is 19.9 Å². The fourth-order valence-electron chi connectivity index (χ4n) is 3.60. The van der Waals surface area contributed by atoms with Crippen LogP contribution in [0.1, 0.15) is 26.7 Å². The van der Waals surface area contributed by atoms with Crippen molar-refractivity contribution in [3.8, 4) is 0 Å². The van der Waals surface area contributed by atoms with E-state index in [1.807, 2.05) is 44.4 Å². The van der Waals surface area contributed by atoms with Crippen LogP contribution in [0.2, 0.25) is 0 Å². The number of benzene rings is 1. The lowest BCUT2D eigenvalue weighted by Gasteiger charge is -2.44. The fraction of sp³-hybridized carbons (Fsp3) is 0.526. The van der Waals surface area contributed by atoms with Crippen LogP contribution in [0.25, 0.3) is 0 Å². The number of carbonyl (C=O) groups excluding carboxylic acids is 3. The second-order valence-electron chi connectivity index (χ2n) is 7.33. The quantitative estimate of drug-likeness (QED) is 0.686. The Balaban J connectivity index is 1.58. The summed E-state index contributed by atoms with van der Waals surface area (Å²) in [5.74, 6) is -0.0969. The van der Waals surface area contributed by atoms with Crippen molar-refractivity contribution in [1.82, 2.24) is 15.5 Å². The number of thioether (sulfide) groups is 1. The first-order valence-corrected chi connectivity index (χ1v) is 10.4. The van der Waals surface area contributed by atoms with Crippen LogP contribution in [-0.4, -0.2) is 53.7 Å². The van der Waals surface area contributed by atoms with Crippen LogP contribution in [0.5, 0.6) is 0 Å². The lowest BCUT2D eigenvalue weighted by atomic mass is 9.90. The van der Waals surface area contributed by atoms with Gasteiger partial charge in [0, 0.05) is 23.2 Å². The molecule has 0 radical (unpaired) electrons. The standard InChI is InChI=1S/C19H26N4O3S/c1-11(2)16-18(25)23-8-7-13(10-15(23)17(24)22-16)21-19(26)20-12-5-4-6-14(9-12)27-3/h4-6,9,11,13,15-16H,7-8,10H2,1-3H3,(H,22,24)(H2,20,21,26)/t13-,15-,16-/m0/s1. The minimum atomic E-state index is -0.508. The van der Waals surface area contributed by atoms with Crippen LogP contribution < -0.4 is 16.0 Å². The van der Waals surface area contributed by atoms with Crippen molar-refractivity contribution in [1.29, 1.82) is 0 Å². The average Bonchev–Trinajstić information content (AvgIpc) is 2.64. The first-order chi connectivity index (χ1) is 12.9. The molecule has 3 N–H and O–H groups in total. The lowest BCUT2D eigenvalue weighted by Crippen LogP contribution is -2.67. The van der Waals surface area contributed by atoms with Gasteiger partial charge in [0.15, 0.2) is 0 Å². The molecule has 27 heavy (non-hydrogen) atoms. The number of anilines is 1. The molecule has 1 aromatic carbocycles. The predicted octanol–water partition coefficient (Wildman–Crippen LogP) is 2.04. The van der Waals surface area contributed by atoms with Crippen LogP contribution >= 0.6 is 11.8 Å². The van der Waals surface area contributed by atoms with Crippen LogP contribution in [0.15, 0.2) is 29.2 Å². The van der Waals surface area contributed by atoms with Gasteiger partial charge in [0.25, 0.3) is 0 Å². The molecule has 7 nitrogen and oxygen atoms in total. The fourth-order valence-corrected chi connectivity index (χ4v) is 4.06. The number of fused-ring (bicyclic) bond motifs is 1. The van der Waals surface area contributed by atoms with E-state index in [1.54, 1.807) is 16.7 Å². The maximum atomic E-state index is 12.6. The third-order valence-corrected chi connectivity index (χ3v) is 5.81. The maximum Gasteiger partial charge on any atom is 0.319 e. The third kappa shape index (κ3) is 4.37. The number of rotatable bonds is 4. The monoisotopic (exact) mass is 390 g/mol. The summed E-state index contributed by atoms with van der Waals surface area (Å²) in [6, 6.07) is 6.21. The number of piperidine rings is 1. The van der Waals surface area contributed by atoms with E-state index in [0.29, 0.717) is 19.4 Å². The van der Waals surface area contributed by atoms with Gasteiger partial charge in [0.05, 0.1) is 0 Å². The highest BCUT2D eigenvalue weighted by atomic mass is 32.2. The Bertz CT molecular complexity index is 739. The van der Waals surface area contributed by atoms with E-state index < -0.39 is 12.1 Å². The summed E-state index contributed by atoms with van der Waals surface area (Å²) in [6.07, 6.45) is 3.05. The summed E-state index contributed by atoms with van der Waals surface area (Å²) in [5.41, 5.74) is 0.724. The summed E-state index contributed by atoms with van der Waals surface area (Å²) in [7, 11) is 0. The normalized spacial score (nSPS) is 25.0. The molecule has 2 aliphatic heterocycles. The molecule has 2 heterocycles. The molecule has 1 aromatic rings. The first-order valence-electron chi connectivity index (χ1n) is 9.21. The molecule has 2 aliphatic rings. The van der Waals surface area contributed by atoms with Crippen LogP contribution in [-0.2, 0) is 9.59 Å². The van der Waals surface area contributed by atoms with Gasteiger partial charge in [-0.2, -0.15) is 0 Å². The van der Waals surface area contributed by atoms with Gasteiger partial charge in [-0.05, 0) is 43.2 Å². The Morgan fingerprint density at radius 2 is 2.11 bits per heavy atom. The van der Waals surface area contributed by atoms with Gasteiger partial charge >= 0.3 is 6.03 Å². The van der Waals surface area contributed by atoms with Crippen molar-refractivity contribution in [2.75, 3.05) is 18.1 Å². The highest BCUT2D eigenvalue weighted by Crippen LogP contribution is 2.24. The van der Waals surface area contributed by atoms with Crippen molar-refractivity contribution >= 4 is 35.3 Å². The molecule has 3 atom stereocenters. The van der Waals surface area contributed by atoms with E-state index in [9.17, 15) is 14.4 Å². The average molecular weight is 391 g/mol. The smallest absolute Gasteiger partial charge is 0.319 e.